The molecule has 5 heteroatoms. The van der Waals surface area contributed by atoms with Crippen LogP contribution in [0.1, 0.15) is 34.7 Å². The van der Waals surface area contributed by atoms with E-state index in [1.165, 1.54) is 16.3 Å². The van der Waals surface area contributed by atoms with Crippen LogP contribution in [0.4, 0.5) is 0 Å². The van der Waals surface area contributed by atoms with Crippen LogP contribution in [0.3, 0.4) is 0 Å². The second kappa shape index (κ2) is 8.79. The number of hydrogen-bond donors (Lipinski definition) is 1. The van der Waals surface area contributed by atoms with E-state index in [9.17, 15) is 4.79 Å². The Morgan fingerprint density at radius 2 is 1.73 bits per heavy atom. The molecule has 0 fully saturated rings. The minimum Gasteiger partial charge on any atom is -0.497 e. The molecule has 1 aromatic heterocycles. The van der Waals surface area contributed by atoms with Gasteiger partial charge in [-0.3, -0.25) is 4.79 Å². The van der Waals surface area contributed by atoms with Crippen molar-refractivity contribution >= 4 is 27.7 Å². The number of benzene rings is 4. The number of para-hydroxylation sites is 2. The first kappa shape index (κ1) is 20.8. The monoisotopic (exact) mass is 435 g/mol. The van der Waals surface area contributed by atoms with E-state index < -0.39 is 0 Å². The molecule has 4 aromatic carbocycles. The zero-order valence-corrected chi connectivity index (χ0v) is 18.7. The number of aromatic nitrogens is 2. The highest BCUT2D eigenvalue weighted by atomic mass is 16.5. The molecule has 0 aliphatic carbocycles. The Morgan fingerprint density at radius 3 is 2.61 bits per heavy atom. The summed E-state index contributed by atoms with van der Waals surface area (Å²) in [5.41, 5.74) is 3.72. The number of methoxy groups -OCH3 is 1. The van der Waals surface area contributed by atoms with Gasteiger partial charge in [0.2, 0.25) is 0 Å². The van der Waals surface area contributed by atoms with Gasteiger partial charge in [-0.25, -0.2) is 4.98 Å². The molecule has 1 atom stereocenters. The maximum atomic E-state index is 13.0. The summed E-state index contributed by atoms with van der Waals surface area (Å²) in [4.78, 5) is 17.8. The highest BCUT2D eigenvalue weighted by Crippen LogP contribution is 2.26. The molecule has 0 radical (unpaired) electrons. The van der Waals surface area contributed by atoms with Crippen LogP contribution in [0.2, 0.25) is 0 Å². The lowest BCUT2D eigenvalue weighted by molar-refractivity contribution is 0.0937. The third kappa shape index (κ3) is 4.05. The Labute approximate surface area is 192 Å². The van der Waals surface area contributed by atoms with Gasteiger partial charge >= 0.3 is 0 Å². The average molecular weight is 436 g/mol. The van der Waals surface area contributed by atoms with Gasteiger partial charge in [0.05, 0.1) is 30.7 Å². The Kier molecular flexibility index (Phi) is 5.53. The van der Waals surface area contributed by atoms with Gasteiger partial charge in [-0.1, -0.05) is 60.7 Å². The zero-order valence-electron chi connectivity index (χ0n) is 18.7. The number of ether oxygens (including phenoxy) is 1. The van der Waals surface area contributed by atoms with Crippen molar-refractivity contribution in [2.75, 3.05) is 7.11 Å². The van der Waals surface area contributed by atoms with Gasteiger partial charge in [0.25, 0.3) is 5.91 Å². The number of imidazole rings is 1. The van der Waals surface area contributed by atoms with Crippen molar-refractivity contribution in [3.8, 4) is 5.75 Å². The van der Waals surface area contributed by atoms with E-state index in [0.717, 1.165) is 16.9 Å². The molecule has 164 valence electrons. The standard InChI is InChI=1S/C28H25N3O2/c1-19(29-28(32)21-11-8-13-23(17-21)33-2)27-30-25-15-5-6-16-26(25)31(27)18-22-12-7-10-20-9-3-4-14-24(20)22/h3-17,19H,18H2,1-2H3,(H,29,32). The summed E-state index contributed by atoms with van der Waals surface area (Å²) in [6.07, 6.45) is 0. The third-order valence-corrected chi connectivity index (χ3v) is 5.96. The van der Waals surface area contributed by atoms with Gasteiger partial charge in [-0.15, -0.1) is 0 Å². The van der Waals surface area contributed by atoms with Crippen LogP contribution < -0.4 is 10.1 Å². The smallest absolute Gasteiger partial charge is 0.251 e. The number of amides is 1. The fourth-order valence-electron chi connectivity index (χ4n) is 4.30. The molecule has 1 heterocycles. The summed E-state index contributed by atoms with van der Waals surface area (Å²) in [5, 5.41) is 5.54. The van der Waals surface area contributed by atoms with E-state index in [1.54, 1.807) is 19.2 Å². The molecule has 0 aliphatic heterocycles. The van der Waals surface area contributed by atoms with E-state index in [2.05, 4.69) is 58.4 Å². The molecule has 5 rings (SSSR count). The van der Waals surface area contributed by atoms with E-state index >= 15 is 0 Å². The topological polar surface area (TPSA) is 56.1 Å². The fraction of sp³-hybridized carbons (Fsp3) is 0.143. The fourth-order valence-corrected chi connectivity index (χ4v) is 4.30. The predicted octanol–water partition coefficient (Wildman–Crippen LogP) is 5.74. The van der Waals surface area contributed by atoms with Crippen LogP contribution in [0.25, 0.3) is 21.8 Å². The number of rotatable bonds is 6. The van der Waals surface area contributed by atoms with Crippen molar-refractivity contribution in [1.82, 2.24) is 14.9 Å². The molecule has 0 spiro atoms. The SMILES string of the molecule is COc1cccc(C(=O)NC(C)c2nc3ccccc3n2Cc2cccc3ccccc23)c1. The van der Waals surface area contributed by atoms with Crippen molar-refractivity contribution in [2.24, 2.45) is 0 Å². The lowest BCUT2D eigenvalue weighted by Gasteiger charge is -2.17. The molecule has 0 bridgehead atoms. The maximum Gasteiger partial charge on any atom is 0.251 e. The largest absolute Gasteiger partial charge is 0.497 e. The van der Waals surface area contributed by atoms with Crippen LogP contribution in [0.15, 0.2) is 91.0 Å². The normalized spacial score (nSPS) is 12.1. The molecule has 0 aliphatic rings. The highest BCUT2D eigenvalue weighted by Gasteiger charge is 2.20. The van der Waals surface area contributed by atoms with E-state index in [0.29, 0.717) is 17.9 Å². The van der Waals surface area contributed by atoms with Crippen LogP contribution in [0.5, 0.6) is 5.75 Å². The van der Waals surface area contributed by atoms with Gasteiger partial charge in [0.15, 0.2) is 0 Å². The van der Waals surface area contributed by atoms with Crippen LogP contribution in [-0.2, 0) is 6.54 Å². The van der Waals surface area contributed by atoms with E-state index in [4.69, 9.17) is 9.72 Å². The average Bonchev–Trinajstić information content (AvgIpc) is 3.23. The lowest BCUT2D eigenvalue weighted by Crippen LogP contribution is -2.28. The minimum absolute atomic E-state index is 0.162. The molecule has 5 aromatic rings. The summed E-state index contributed by atoms with van der Waals surface area (Å²) in [5.74, 6) is 1.31. The Morgan fingerprint density at radius 1 is 0.970 bits per heavy atom. The number of fused-ring (bicyclic) bond motifs is 2. The molecule has 1 N–H and O–H groups in total. The Hall–Kier alpha value is -4.12. The molecular weight excluding hydrogens is 410 g/mol. The molecule has 0 saturated heterocycles. The molecule has 0 saturated carbocycles. The van der Waals surface area contributed by atoms with Crippen molar-refractivity contribution in [3.63, 3.8) is 0 Å². The number of nitrogens with one attached hydrogen (secondary N) is 1. The number of carbonyl (C=O) groups excluding carboxylic acids is 1. The van der Waals surface area contributed by atoms with Crippen LogP contribution in [-0.4, -0.2) is 22.6 Å². The Balaban J connectivity index is 1.52. The van der Waals surface area contributed by atoms with E-state index in [-0.39, 0.29) is 11.9 Å². The van der Waals surface area contributed by atoms with Crippen molar-refractivity contribution in [2.45, 2.75) is 19.5 Å². The van der Waals surface area contributed by atoms with Crippen molar-refractivity contribution in [3.05, 3.63) is 108 Å². The highest BCUT2D eigenvalue weighted by molar-refractivity contribution is 5.95. The third-order valence-electron chi connectivity index (χ3n) is 5.96. The van der Waals surface area contributed by atoms with Gasteiger partial charge in [-0.2, -0.15) is 0 Å². The first-order valence-corrected chi connectivity index (χ1v) is 11.0. The summed E-state index contributed by atoms with van der Waals surface area (Å²) in [6.45, 7) is 2.63. The van der Waals surface area contributed by atoms with Crippen LogP contribution >= 0.6 is 0 Å². The molecule has 1 amide bonds. The molecule has 33 heavy (non-hydrogen) atoms. The number of carbonyl (C=O) groups is 1. The summed E-state index contributed by atoms with van der Waals surface area (Å²) >= 11 is 0. The second-order valence-corrected chi connectivity index (χ2v) is 8.11. The zero-order chi connectivity index (χ0) is 22.8. The molecular formula is C28H25N3O2. The summed E-state index contributed by atoms with van der Waals surface area (Å²) in [6, 6.07) is 29.7. The first-order chi connectivity index (χ1) is 16.1. The summed E-state index contributed by atoms with van der Waals surface area (Å²) in [7, 11) is 1.59. The van der Waals surface area contributed by atoms with Gasteiger partial charge in [0.1, 0.15) is 11.6 Å². The van der Waals surface area contributed by atoms with Gasteiger partial charge in [0, 0.05) is 5.56 Å². The second-order valence-electron chi connectivity index (χ2n) is 8.11. The van der Waals surface area contributed by atoms with E-state index in [1.807, 2.05) is 37.3 Å². The molecule has 5 nitrogen and oxygen atoms in total. The van der Waals surface area contributed by atoms with Gasteiger partial charge in [-0.05, 0) is 53.6 Å². The minimum atomic E-state index is -0.286. The first-order valence-electron chi connectivity index (χ1n) is 11.0. The number of nitrogens with zero attached hydrogens (tertiary/aromatic N) is 2. The Bertz CT molecular complexity index is 1450. The predicted molar refractivity (Wildman–Crippen MR) is 132 cm³/mol. The number of hydrogen-bond acceptors (Lipinski definition) is 3. The van der Waals surface area contributed by atoms with Gasteiger partial charge < -0.3 is 14.6 Å². The summed E-state index contributed by atoms with van der Waals surface area (Å²) < 4.78 is 7.46. The van der Waals surface area contributed by atoms with Crippen molar-refractivity contribution in [1.29, 1.82) is 0 Å². The van der Waals surface area contributed by atoms with Crippen LogP contribution in [0, 0.1) is 0 Å². The maximum absolute atomic E-state index is 13.0. The quantitative estimate of drug-likeness (QED) is 0.370. The van der Waals surface area contributed by atoms with Crippen molar-refractivity contribution < 1.29 is 9.53 Å². The lowest BCUT2D eigenvalue weighted by atomic mass is 10.0. The molecule has 1 unspecified atom stereocenters.